The zero-order valence-electron chi connectivity index (χ0n) is 12.0. The number of rotatable bonds is 4. The lowest BCUT2D eigenvalue weighted by atomic mass is 10.0. The highest BCUT2D eigenvalue weighted by molar-refractivity contribution is 5.94. The quantitative estimate of drug-likeness (QED) is 0.793. The van der Waals surface area contributed by atoms with Crippen LogP contribution >= 0.6 is 0 Å². The Labute approximate surface area is 123 Å². The number of benzene rings is 2. The Morgan fingerprint density at radius 2 is 2.00 bits per heavy atom. The predicted molar refractivity (Wildman–Crippen MR) is 83.6 cm³/mol. The Hall–Kier alpha value is -2.13. The van der Waals surface area contributed by atoms with Gasteiger partial charge in [-0.15, -0.1) is 0 Å². The van der Waals surface area contributed by atoms with Gasteiger partial charge in [-0.25, -0.2) is 4.99 Å². The number of aliphatic imine (C=N–C) groups is 1. The Kier molecular flexibility index (Phi) is 2.82. The van der Waals surface area contributed by atoms with E-state index in [0.717, 1.165) is 5.57 Å². The summed E-state index contributed by atoms with van der Waals surface area (Å²) in [7, 11) is 0. The van der Waals surface area contributed by atoms with Crippen molar-refractivity contribution in [2.45, 2.75) is 19.1 Å². The second kappa shape index (κ2) is 4.71. The van der Waals surface area contributed by atoms with Crippen molar-refractivity contribution in [1.82, 2.24) is 0 Å². The van der Waals surface area contributed by atoms with E-state index >= 15 is 0 Å². The van der Waals surface area contributed by atoms with Gasteiger partial charge in [0.05, 0.1) is 6.61 Å². The number of nitrogens with zero attached hydrogens (tertiary/aromatic N) is 1. The third-order valence-corrected chi connectivity index (χ3v) is 4.00. The Morgan fingerprint density at radius 1 is 1.24 bits per heavy atom. The number of ether oxygens (including phenoxy) is 2. The van der Waals surface area contributed by atoms with Crippen molar-refractivity contribution in [3.8, 4) is 0 Å². The first-order valence-electron chi connectivity index (χ1n) is 7.21. The van der Waals surface area contributed by atoms with Gasteiger partial charge in [-0.05, 0) is 23.3 Å². The molecule has 0 fully saturated rings. The van der Waals surface area contributed by atoms with E-state index < -0.39 is 0 Å². The van der Waals surface area contributed by atoms with Crippen molar-refractivity contribution in [1.29, 1.82) is 0 Å². The van der Waals surface area contributed by atoms with Crippen molar-refractivity contribution >= 4 is 16.7 Å². The smallest absolute Gasteiger partial charge is 0.211 e. The lowest BCUT2D eigenvalue weighted by Gasteiger charge is -2.11. The molecule has 1 aliphatic carbocycles. The van der Waals surface area contributed by atoms with Crippen molar-refractivity contribution < 1.29 is 9.47 Å². The first kappa shape index (κ1) is 12.6. The van der Waals surface area contributed by atoms with Crippen LogP contribution in [-0.2, 0) is 9.47 Å². The molecule has 2 aromatic rings. The van der Waals surface area contributed by atoms with Crippen LogP contribution in [0.25, 0.3) is 10.8 Å². The van der Waals surface area contributed by atoms with Gasteiger partial charge in [0.25, 0.3) is 0 Å². The molecule has 0 radical (unpaired) electrons. The van der Waals surface area contributed by atoms with E-state index in [1.165, 1.54) is 21.9 Å². The maximum Gasteiger partial charge on any atom is 0.211 e. The summed E-state index contributed by atoms with van der Waals surface area (Å²) in [5.41, 5.74) is 3.51. The molecule has 106 valence electrons. The second-order valence-corrected chi connectivity index (χ2v) is 5.75. The van der Waals surface area contributed by atoms with E-state index in [1.807, 2.05) is 6.92 Å². The Morgan fingerprint density at radius 3 is 2.76 bits per heavy atom. The third kappa shape index (κ3) is 1.96. The van der Waals surface area contributed by atoms with Crippen LogP contribution in [0.4, 0.5) is 0 Å². The van der Waals surface area contributed by atoms with E-state index in [-0.39, 0.29) is 12.1 Å². The fraction of sp³-hybridized carbons (Fsp3) is 0.278. The molecular weight excluding hydrogens is 262 g/mol. The van der Waals surface area contributed by atoms with E-state index in [2.05, 4.69) is 43.0 Å². The Balaban J connectivity index is 1.64. The molecule has 3 heteroatoms. The summed E-state index contributed by atoms with van der Waals surface area (Å²) < 4.78 is 11.6. The van der Waals surface area contributed by atoms with Gasteiger partial charge in [-0.3, -0.25) is 0 Å². The van der Waals surface area contributed by atoms with Gasteiger partial charge in [0, 0.05) is 5.56 Å². The molecule has 1 heterocycles. The minimum absolute atomic E-state index is 0.00882. The molecule has 0 bridgehead atoms. The third-order valence-electron chi connectivity index (χ3n) is 4.00. The summed E-state index contributed by atoms with van der Waals surface area (Å²) >= 11 is 0. The number of fused-ring (bicyclic) bond motifs is 3. The summed E-state index contributed by atoms with van der Waals surface area (Å²) in [4.78, 5) is 4.73. The second-order valence-electron chi connectivity index (χ2n) is 5.75. The molecule has 3 nitrogen and oxygen atoms in total. The van der Waals surface area contributed by atoms with E-state index in [4.69, 9.17) is 14.5 Å². The van der Waals surface area contributed by atoms with Crippen LogP contribution in [0.1, 0.15) is 30.2 Å². The number of hydrogen-bond acceptors (Lipinski definition) is 3. The van der Waals surface area contributed by atoms with Gasteiger partial charge in [-0.2, -0.15) is 0 Å². The van der Waals surface area contributed by atoms with Crippen molar-refractivity contribution in [2.24, 2.45) is 4.99 Å². The van der Waals surface area contributed by atoms with Gasteiger partial charge in [0.2, 0.25) is 5.90 Å². The van der Waals surface area contributed by atoms with E-state index in [9.17, 15) is 0 Å². The molecule has 0 saturated heterocycles. The maximum absolute atomic E-state index is 6.04. The minimum Gasteiger partial charge on any atom is -0.468 e. The highest BCUT2D eigenvalue weighted by atomic mass is 16.5. The molecule has 1 aliphatic heterocycles. The van der Waals surface area contributed by atoms with Gasteiger partial charge >= 0.3 is 0 Å². The van der Waals surface area contributed by atoms with Crippen molar-refractivity contribution in [3.63, 3.8) is 0 Å². The van der Waals surface area contributed by atoms with Crippen molar-refractivity contribution in [3.05, 3.63) is 59.7 Å². The first-order chi connectivity index (χ1) is 10.2. The van der Waals surface area contributed by atoms with Crippen LogP contribution in [-0.4, -0.2) is 19.1 Å². The average Bonchev–Trinajstić information content (AvgIpc) is 3.00. The molecule has 0 saturated carbocycles. The SMILES string of the molecule is C=C(C)COCC1=N[C@H]2c3cccc4cccc(c34)[C@H]2O1. The molecule has 0 N–H and O–H groups in total. The topological polar surface area (TPSA) is 30.8 Å². The summed E-state index contributed by atoms with van der Waals surface area (Å²) in [6.45, 7) is 6.73. The molecule has 0 spiro atoms. The molecule has 2 atom stereocenters. The van der Waals surface area contributed by atoms with Crippen LogP contribution in [0.5, 0.6) is 0 Å². The monoisotopic (exact) mass is 279 g/mol. The molecule has 2 aromatic carbocycles. The normalized spacial score (nSPS) is 22.0. The summed E-state index contributed by atoms with van der Waals surface area (Å²) in [5, 5.41) is 2.57. The van der Waals surface area contributed by atoms with Gasteiger partial charge in [-0.1, -0.05) is 48.6 Å². The van der Waals surface area contributed by atoms with Crippen LogP contribution in [0.15, 0.2) is 53.5 Å². The average molecular weight is 279 g/mol. The maximum atomic E-state index is 6.04. The fourth-order valence-electron chi connectivity index (χ4n) is 3.20. The van der Waals surface area contributed by atoms with Crippen molar-refractivity contribution in [2.75, 3.05) is 13.2 Å². The predicted octanol–water partition coefficient (Wildman–Crippen LogP) is 3.96. The van der Waals surface area contributed by atoms with E-state index in [0.29, 0.717) is 19.1 Å². The first-order valence-corrected chi connectivity index (χ1v) is 7.21. The molecule has 21 heavy (non-hydrogen) atoms. The van der Waals surface area contributed by atoms with E-state index in [1.54, 1.807) is 0 Å². The summed E-state index contributed by atoms with van der Waals surface area (Å²) in [5.74, 6) is 0.692. The summed E-state index contributed by atoms with van der Waals surface area (Å²) in [6, 6.07) is 12.8. The van der Waals surface area contributed by atoms with Crippen LogP contribution < -0.4 is 0 Å². The minimum atomic E-state index is 0.00882. The standard InChI is InChI=1S/C18H17NO2/c1-11(2)9-20-10-15-19-17-13-7-3-5-12-6-4-8-14(16(12)13)18(17)21-15/h3-8,17-18H,1,9-10H2,2H3/t17-,18+/m0/s1. The lowest BCUT2D eigenvalue weighted by molar-refractivity contribution is 0.149. The largest absolute Gasteiger partial charge is 0.468 e. The summed E-state index contributed by atoms with van der Waals surface area (Å²) in [6.07, 6.45) is 0.00882. The highest BCUT2D eigenvalue weighted by Gasteiger charge is 2.40. The number of hydrogen-bond donors (Lipinski definition) is 0. The molecular formula is C18H17NO2. The van der Waals surface area contributed by atoms with Gasteiger partial charge in [0.1, 0.15) is 12.6 Å². The van der Waals surface area contributed by atoms with Crippen LogP contribution in [0, 0.1) is 0 Å². The van der Waals surface area contributed by atoms with Gasteiger partial charge in [0.15, 0.2) is 6.10 Å². The van der Waals surface area contributed by atoms with Gasteiger partial charge < -0.3 is 9.47 Å². The highest BCUT2D eigenvalue weighted by Crippen LogP contribution is 2.50. The Bertz CT molecular complexity index is 758. The zero-order chi connectivity index (χ0) is 14.4. The molecule has 4 rings (SSSR count). The molecule has 0 amide bonds. The fourth-order valence-corrected chi connectivity index (χ4v) is 3.20. The molecule has 0 aromatic heterocycles. The molecule has 0 unspecified atom stereocenters. The van der Waals surface area contributed by atoms with Crippen LogP contribution in [0.3, 0.4) is 0 Å². The lowest BCUT2D eigenvalue weighted by Crippen LogP contribution is -2.11. The van der Waals surface area contributed by atoms with Crippen LogP contribution in [0.2, 0.25) is 0 Å². The molecule has 2 aliphatic rings. The zero-order valence-corrected chi connectivity index (χ0v) is 12.0.